The van der Waals surface area contributed by atoms with Gasteiger partial charge in [0.1, 0.15) is 12.1 Å². The van der Waals surface area contributed by atoms with E-state index in [2.05, 4.69) is 0 Å². The van der Waals surface area contributed by atoms with Gasteiger partial charge < -0.3 is 19.9 Å². The average Bonchev–Trinajstić information content (AvgIpc) is 2.98. The molecule has 3 unspecified atom stereocenters. The molecule has 0 aliphatic carbocycles. The summed E-state index contributed by atoms with van der Waals surface area (Å²) in [6.45, 7) is -22.9. The van der Waals surface area contributed by atoms with Gasteiger partial charge in [0.25, 0.3) is 0 Å². The third kappa shape index (κ3) is 4.75. The van der Waals surface area contributed by atoms with Crippen LogP contribution in [0.15, 0.2) is 12.1 Å². The molecular formula is C24H38N2O4. The molecule has 6 nitrogen and oxygen atoms in total. The van der Waals surface area contributed by atoms with Gasteiger partial charge in [0, 0.05) is 58.8 Å². The molecule has 0 saturated carbocycles. The zero-order valence-corrected chi connectivity index (χ0v) is 15.1. The third-order valence-electron chi connectivity index (χ3n) is 4.19. The lowest BCUT2D eigenvalue weighted by molar-refractivity contribution is -0.160. The number of methoxy groups -OCH3 is 2. The average molecular weight is 450 g/mol. The summed E-state index contributed by atoms with van der Waals surface area (Å²) >= 11 is 0. The number of carbonyl (C=O) groups is 1. The Morgan fingerprint density at radius 2 is 2.17 bits per heavy atom. The van der Waals surface area contributed by atoms with E-state index in [9.17, 15) is 7.54 Å². The number of hydrogen-bond acceptors (Lipinski definition) is 6. The van der Waals surface area contributed by atoms with Crippen LogP contribution in [0.25, 0.3) is 0 Å². The van der Waals surface area contributed by atoms with E-state index in [4.69, 9.17) is 59.7 Å². The normalized spacial score (nSPS) is 53.1. The van der Waals surface area contributed by atoms with Crippen LogP contribution in [0, 0.1) is 17.7 Å². The summed E-state index contributed by atoms with van der Waals surface area (Å²) in [5.74, 6) is -17.9. The number of benzene rings is 1. The summed E-state index contributed by atoms with van der Waals surface area (Å²) in [4.78, 5) is 13.9. The molecule has 3 rings (SSSR count). The van der Waals surface area contributed by atoms with Crippen LogP contribution in [0.3, 0.4) is 0 Å². The van der Waals surface area contributed by atoms with Crippen LogP contribution in [0.2, 0.25) is 0 Å². The van der Waals surface area contributed by atoms with Crippen molar-refractivity contribution in [3.63, 3.8) is 0 Å². The van der Waals surface area contributed by atoms with E-state index >= 15 is 0 Å². The predicted octanol–water partition coefficient (Wildman–Crippen LogP) is 3.56. The fourth-order valence-electron chi connectivity index (χ4n) is 2.84. The minimum absolute atomic E-state index is 0.0954. The molecule has 30 heavy (non-hydrogen) atoms. The highest BCUT2D eigenvalue weighted by Crippen LogP contribution is 2.44. The lowest BCUT2D eigenvalue weighted by Crippen LogP contribution is -2.51. The molecule has 2 N–H and O–H groups in total. The van der Waals surface area contributed by atoms with E-state index in [1.165, 1.54) is 0 Å². The number of carbonyl (C=O) groups excluding carboxylic acids is 1. The zero-order valence-electron chi connectivity index (χ0n) is 46.1. The molecule has 2 heterocycles. The van der Waals surface area contributed by atoms with Crippen molar-refractivity contribution in [3.8, 4) is 11.5 Å². The monoisotopic (exact) mass is 449 g/mol. The molecule has 6 heteroatoms. The molecule has 4 atom stereocenters. The van der Waals surface area contributed by atoms with E-state index in [0.717, 1.165) is 0 Å². The zero-order chi connectivity index (χ0) is 48.7. The first-order chi connectivity index (χ1) is 26.3. The highest BCUT2D eigenvalue weighted by molar-refractivity contribution is 5.76. The van der Waals surface area contributed by atoms with Gasteiger partial charge in [0.15, 0.2) is 11.5 Å². The molecule has 1 fully saturated rings. The molecule has 0 spiro atoms. The van der Waals surface area contributed by atoms with Crippen molar-refractivity contribution in [2.45, 2.75) is 64.7 Å². The Hall–Kier alpha value is -1.79. The fourth-order valence-corrected chi connectivity index (χ4v) is 2.84. The lowest BCUT2D eigenvalue weighted by Gasteiger charge is -2.47. The summed E-state index contributed by atoms with van der Waals surface area (Å²) in [6, 6.07) is -11.2. The Morgan fingerprint density at radius 3 is 2.87 bits per heavy atom. The summed E-state index contributed by atoms with van der Waals surface area (Å²) in [7, 11) is -7.32. The topological polar surface area (TPSA) is 74.0 Å². The van der Waals surface area contributed by atoms with Crippen molar-refractivity contribution in [1.29, 1.82) is 0 Å². The maximum atomic E-state index is 13.9. The van der Waals surface area contributed by atoms with Crippen LogP contribution in [0.1, 0.15) is 99.8 Å². The summed E-state index contributed by atoms with van der Waals surface area (Å²) in [5, 5.41) is 0. The Kier molecular flexibility index (Phi) is 1.78. The second kappa shape index (κ2) is 9.56. The predicted molar refractivity (Wildman–Crippen MR) is 118 cm³/mol. The molecule has 0 radical (unpaired) electrons. The minimum Gasteiger partial charge on any atom is -0.493 e. The molecule has 168 valence electrons. The number of fused-ring (bicyclic) bond motifs is 3. The molecule has 2 aliphatic rings. The van der Waals surface area contributed by atoms with Crippen molar-refractivity contribution >= 4 is 5.97 Å². The number of nitrogens with zero attached hydrogens (tertiary/aromatic N) is 1. The number of rotatable bonds is 7. The van der Waals surface area contributed by atoms with Gasteiger partial charge in [-0.2, -0.15) is 0 Å². The number of ether oxygens (including phenoxy) is 3. The van der Waals surface area contributed by atoms with E-state index < -0.39 is 150 Å². The quantitative estimate of drug-likeness (QED) is 0.642. The van der Waals surface area contributed by atoms with Gasteiger partial charge in [-0.1, -0.05) is 27.4 Å². The van der Waals surface area contributed by atoms with Crippen LogP contribution < -0.4 is 15.2 Å². The molecule has 0 aromatic heterocycles. The number of hydrogen-bond donors (Lipinski definition) is 1. The fraction of sp³-hybridized carbons (Fsp3) is 0.708. The Labute approximate surface area is 224 Å². The summed E-state index contributed by atoms with van der Waals surface area (Å²) in [5.41, 5.74) is 2.70. The Balaban J connectivity index is 2.66. The molecular weight excluding hydrogens is 380 g/mol. The van der Waals surface area contributed by atoms with E-state index in [0.29, 0.717) is 0 Å². The first kappa shape index (κ1) is 5.57. The van der Waals surface area contributed by atoms with Crippen LogP contribution in [0.5, 0.6) is 11.5 Å². The second-order valence-corrected chi connectivity index (χ2v) is 6.05. The van der Waals surface area contributed by atoms with Gasteiger partial charge in [0.2, 0.25) is 0 Å². The smallest absolute Gasteiger partial charge is 0.323 e. The number of nitrogens with two attached hydrogens (primary N) is 1. The highest BCUT2D eigenvalue weighted by atomic mass is 16.5. The Bertz CT molecular complexity index is 1860. The molecule has 2 aliphatic heterocycles. The SMILES string of the molecule is [2H]c1c(OC([2H])([2H])[2H])c(OC([2H])([2H])[2H])c([2H])c2c1C1([2H])CC([2H])(OC(=O)[C@@]([2H])(N)C([2H])(C([2H])([2H])[2H])C([2H])([2H])[2H])C(C([2H])([2H])C([2H])(C([2H])([2H])[2H])C([2H])([2H])[2H])CN1C([2H])([2H])C2([2H])[2H]. The van der Waals surface area contributed by atoms with Crippen molar-refractivity contribution in [1.82, 2.24) is 4.90 Å². The first-order valence-corrected chi connectivity index (χ1v) is 8.17. The van der Waals surface area contributed by atoms with Crippen molar-refractivity contribution in [2.75, 3.05) is 27.1 Å². The molecule has 1 aromatic carbocycles. The molecule has 1 aromatic rings. The maximum absolute atomic E-state index is 13.9. The lowest BCUT2D eigenvalue weighted by atomic mass is 9.79. The van der Waals surface area contributed by atoms with Gasteiger partial charge in [-0.05, 0) is 47.7 Å². The van der Waals surface area contributed by atoms with Crippen LogP contribution in [-0.4, -0.2) is 50.1 Å². The van der Waals surface area contributed by atoms with Crippen molar-refractivity contribution < 1.29 is 61.5 Å². The van der Waals surface area contributed by atoms with Gasteiger partial charge in [-0.25, -0.2) is 0 Å². The standard InChI is InChI=1S/C24H38N2O4/c1-14(2)9-17-13-26-8-7-16-10-21(28-5)22(29-6)11-18(16)19(26)12-20(17)30-24(27)23(25)15(3)4/h10-11,14-15,17,19-20,23H,7-9,12-13,25H2,1-6H3/t17?,19?,20?,23-/m0/s1/i1D3,2D3,3D3,4D3,5D3,6D3,7D2,8D2,9D2,10D,11D,14D,15D,19D,20D,23D. The third-order valence-corrected chi connectivity index (χ3v) is 4.19. The first-order valence-electron chi connectivity index (χ1n) is 23.7. The molecule has 0 amide bonds. The van der Waals surface area contributed by atoms with E-state index in [1.807, 2.05) is 0 Å². The molecule has 1 saturated heterocycles. The van der Waals surface area contributed by atoms with Gasteiger partial charge in [-0.3, -0.25) is 9.69 Å². The molecule has 0 bridgehead atoms. The summed E-state index contributed by atoms with van der Waals surface area (Å²) in [6.07, 6.45) is -14.4. The van der Waals surface area contributed by atoms with Crippen LogP contribution in [-0.2, 0) is 15.9 Å². The van der Waals surface area contributed by atoms with E-state index in [-0.39, 0.29) is 4.90 Å². The maximum Gasteiger partial charge on any atom is 0.323 e. The highest BCUT2D eigenvalue weighted by Gasteiger charge is 2.41. The summed E-state index contributed by atoms with van der Waals surface area (Å²) < 4.78 is 269. The minimum atomic E-state index is -4.48. The van der Waals surface area contributed by atoms with Gasteiger partial charge >= 0.3 is 5.97 Å². The van der Waals surface area contributed by atoms with Crippen molar-refractivity contribution in [3.05, 3.63) is 23.2 Å². The van der Waals surface area contributed by atoms with E-state index in [1.54, 1.807) is 0 Å². The largest absolute Gasteiger partial charge is 0.493 e. The number of piperidine rings is 1. The van der Waals surface area contributed by atoms with Crippen LogP contribution in [0.4, 0.5) is 0 Å². The van der Waals surface area contributed by atoms with Crippen LogP contribution >= 0.6 is 0 Å². The van der Waals surface area contributed by atoms with Gasteiger partial charge in [0.05, 0.1) is 29.2 Å². The number of esters is 1. The van der Waals surface area contributed by atoms with Crippen molar-refractivity contribution in [2.24, 2.45) is 23.4 Å². The Morgan fingerprint density at radius 1 is 1.40 bits per heavy atom. The second-order valence-electron chi connectivity index (χ2n) is 6.05. The van der Waals surface area contributed by atoms with Gasteiger partial charge in [-0.15, -0.1) is 0 Å².